The van der Waals surface area contributed by atoms with Gasteiger partial charge in [0.1, 0.15) is 12.4 Å². The van der Waals surface area contributed by atoms with E-state index in [1.807, 2.05) is 6.20 Å². The van der Waals surface area contributed by atoms with Crippen molar-refractivity contribution in [3.05, 3.63) is 53.1 Å². The zero-order chi connectivity index (χ0) is 16.4. The van der Waals surface area contributed by atoms with Gasteiger partial charge in [-0.3, -0.25) is 4.90 Å². The Labute approximate surface area is 142 Å². The van der Waals surface area contributed by atoms with Crippen LogP contribution in [0.5, 0.6) is 0 Å². The molecule has 0 spiro atoms. The molecule has 1 aliphatic heterocycles. The zero-order valence-electron chi connectivity index (χ0n) is 14.0. The minimum absolute atomic E-state index is 0.183. The molecule has 128 valence electrons. The van der Waals surface area contributed by atoms with Crippen LogP contribution in [0.15, 0.2) is 30.5 Å². The second kappa shape index (κ2) is 7.05. The van der Waals surface area contributed by atoms with E-state index in [1.54, 1.807) is 0 Å². The highest BCUT2D eigenvalue weighted by Crippen LogP contribution is 2.35. The number of benzene rings is 1. The minimum Gasteiger partial charge on any atom is -0.395 e. The molecule has 5 heteroatoms. The third-order valence-corrected chi connectivity index (χ3v) is 5.24. The smallest absolute Gasteiger partial charge is 0.135 e. The van der Waals surface area contributed by atoms with Gasteiger partial charge in [0.2, 0.25) is 0 Å². The van der Waals surface area contributed by atoms with Crippen molar-refractivity contribution in [1.29, 1.82) is 0 Å². The number of rotatable bonds is 5. The summed E-state index contributed by atoms with van der Waals surface area (Å²) in [6, 6.07) is 9.14. The number of aliphatic hydroxyl groups excluding tert-OH is 1. The van der Waals surface area contributed by atoms with E-state index in [0.717, 1.165) is 31.9 Å². The Bertz CT molecular complexity index is 698. The fourth-order valence-corrected chi connectivity index (χ4v) is 4.08. The fraction of sp³-hybridized carbons (Fsp3) is 0.526. The Hall–Kier alpha value is -1.69. The maximum atomic E-state index is 9.60. The average molecular weight is 327 g/mol. The molecule has 1 aromatic heterocycles. The highest BCUT2D eigenvalue weighted by atomic mass is 16.5. The summed E-state index contributed by atoms with van der Waals surface area (Å²) < 4.78 is 7.77. The number of hydrogen-bond donors (Lipinski definition) is 1. The van der Waals surface area contributed by atoms with Gasteiger partial charge >= 0.3 is 0 Å². The van der Waals surface area contributed by atoms with E-state index in [0.29, 0.717) is 19.2 Å². The lowest BCUT2D eigenvalue weighted by Crippen LogP contribution is -2.34. The maximum Gasteiger partial charge on any atom is 0.135 e. The number of fused-ring (bicyclic) bond motifs is 2. The highest BCUT2D eigenvalue weighted by molar-refractivity contribution is 5.32. The first-order valence-corrected chi connectivity index (χ1v) is 8.90. The van der Waals surface area contributed by atoms with Gasteiger partial charge in [-0.05, 0) is 30.4 Å². The molecule has 24 heavy (non-hydrogen) atoms. The maximum absolute atomic E-state index is 9.60. The largest absolute Gasteiger partial charge is 0.395 e. The van der Waals surface area contributed by atoms with Gasteiger partial charge in [-0.15, -0.1) is 0 Å². The van der Waals surface area contributed by atoms with Gasteiger partial charge in [0.05, 0.1) is 18.9 Å². The fourth-order valence-electron chi connectivity index (χ4n) is 4.08. The quantitative estimate of drug-likeness (QED) is 0.915. The molecule has 2 aromatic rings. The molecule has 2 aliphatic rings. The van der Waals surface area contributed by atoms with Crippen molar-refractivity contribution in [2.24, 2.45) is 0 Å². The molecule has 0 radical (unpaired) electrons. The molecule has 0 saturated carbocycles. The number of ether oxygens (including phenoxy) is 1. The van der Waals surface area contributed by atoms with Crippen LogP contribution >= 0.6 is 0 Å². The summed E-state index contributed by atoms with van der Waals surface area (Å²) in [4.78, 5) is 6.92. The summed E-state index contributed by atoms with van der Waals surface area (Å²) in [5.41, 5.74) is 4.11. The predicted molar refractivity (Wildman–Crippen MR) is 91.5 cm³/mol. The van der Waals surface area contributed by atoms with Crippen molar-refractivity contribution in [2.75, 3.05) is 19.8 Å². The first kappa shape index (κ1) is 15.8. The summed E-state index contributed by atoms with van der Waals surface area (Å²) in [7, 11) is 0. The van der Waals surface area contributed by atoms with E-state index in [9.17, 15) is 5.11 Å². The van der Waals surface area contributed by atoms with Crippen molar-refractivity contribution >= 4 is 0 Å². The van der Waals surface area contributed by atoms with Crippen molar-refractivity contribution in [3.8, 4) is 0 Å². The normalized spacial score (nSPS) is 20.0. The molecule has 2 heterocycles. The second-order valence-electron chi connectivity index (χ2n) is 6.67. The molecule has 5 nitrogen and oxygen atoms in total. The van der Waals surface area contributed by atoms with Gasteiger partial charge in [-0.1, -0.05) is 24.3 Å². The van der Waals surface area contributed by atoms with Crippen LogP contribution in [0.3, 0.4) is 0 Å². The third-order valence-electron chi connectivity index (χ3n) is 5.24. The minimum atomic E-state index is 0.183. The Morgan fingerprint density at radius 2 is 2.25 bits per heavy atom. The van der Waals surface area contributed by atoms with E-state index in [1.165, 1.54) is 29.7 Å². The summed E-state index contributed by atoms with van der Waals surface area (Å²) in [5, 5.41) is 9.60. The van der Waals surface area contributed by atoms with Crippen LogP contribution < -0.4 is 0 Å². The van der Waals surface area contributed by atoms with E-state index < -0.39 is 0 Å². The third kappa shape index (κ3) is 2.99. The summed E-state index contributed by atoms with van der Waals surface area (Å²) in [6.07, 6.45) is 5.51. The molecule has 0 amide bonds. The Morgan fingerprint density at radius 3 is 3.17 bits per heavy atom. The van der Waals surface area contributed by atoms with E-state index in [-0.39, 0.29) is 6.61 Å². The first-order valence-electron chi connectivity index (χ1n) is 8.90. The molecule has 0 saturated heterocycles. The number of aryl methyl sites for hydroxylation is 1. The standard InChI is InChI=1S/C19H25N3O2/c23-10-8-21(13-16-12-20-19-14-24-11-9-22(16)19)18-7-3-5-15-4-1-2-6-17(15)18/h1-2,4,6,12,18,23H,3,5,7-11,13-14H2. The van der Waals surface area contributed by atoms with E-state index >= 15 is 0 Å². The van der Waals surface area contributed by atoms with Crippen LogP contribution in [0.25, 0.3) is 0 Å². The SMILES string of the molecule is OCCN(Cc1cnc2n1CCOC2)C1CCCc2ccccc21. The molecule has 0 bridgehead atoms. The Kier molecular flexibility index (Phi) is 4.65. The molecule has 1 aromatic carbocycles. The molecule has 1 unspecified atom stereocenters. The van der Waals surface area contributed by atoms with E-state index in [2.05, 4.69) is 38.7 Å². The monoisotopic (exact) mass is 327 g/mol. The van der Waals surface area contributed by atoms with Crippen molar-refractivity contribution < 1.29 is 9.84 Å². The van der Waals surface area contributed by atoms with E-state index in [4.69, 9.17) is 4.74 Å². The lowest BCUT2D eigenvalue weighted by molar-refractivity contribution is 0.0775. The van der Waals surface area contributed by atoms with Crippen LogP contribution in [0.2, 0.25) is 0 Å². The molecule has 1 atom stereocenters. The van der Waals surface area contributed by atoms with Crippen LogP contribution in [0, 0.1) is 0 Å². The zero-order valence-corrected chi connectivity index (χ0v) is 14.0. The van der Waals surface area contributed by atoms with Gasteiger partial charge in [0.15, 0.2) is 0 Å². The molecular weight excluding hydrogens is 302 g/mol. The van der Waals surface area contributed by atoms with Crippen LogP contribution in [-0.4, -0.2) is 39.3 Å². The Morgan fingerprint density at radius 1 is 1.33 bits per heavy atom. The molecule has 0 fully saturated rings. The van der Waals surface area contributed by atoms with Crippen LogP contribution in [0.4, 0.5) is 0 Å². The van der Waals surface area contributed by atoms with Gasteiger partial charge in [0.25, 0.3) is 0 Å². The van der Waals surface area contributed by atoms with Gasteiger partial charge in [-0.25, -0.2) is 4.98 Å². The van der Waals surface area contributed by atoms with Crippen molar-refractivity contribution in [1.82, 2.24) is 14.5 Å². The highest BCUT2D eigenvalue weighted by Gasteiger charge is 2.27. The average Bonchev–Trinajstić information content (AvgIpc) is 3.04. The second-order valence-corrected chi connectivity index (χ2v) is 6.67. The number of aliphatic hydroxyl groups is 1. The Balaban J connectivity index is 1.60. The first-order chi connectivity index (χ1) is 11.9. The topological polar surface area (TPSA) is 50.5 Å². The van der Waals surface area contributed by atoms with Crippen LogP contribution in [-0.2, 0) is 30.9 Å². The number of aromatic nitrogens is 2. The number of imidazole rings is 1. The lowest BCUT2D eigenvalue weighted by atomic mass is 9.86. The summed E-state index contributed by atoms with van der Waals surface area (Å²) in [5.74, 6) is 1.02. The summed E-state index contributed by atoms with van der Waals surface area (Å²) in [6.45, 7) is 3.93. The predicted octanol–water partition coefficient (Wildman–Crippen LogP) is 2.29. The number of hydrogen-bond acceptors (Lipinski definition) is 4. The van der Waals surface area contributed by atoms with Gasteiger partial charge in [-0.2, -0.15) is 0 Å². The van der Waals surface area contributed by atoms with Crippen molar-refractivity contribution in [3.63, 3.8) is 0 Å². The van der Waals surface area contributed by atoms with Gasteiger partial charge in [0, 0.05) is 31.9 Å². The molecule has 1 aliphatic carbocycles. The number of nitrogens with zero attached hydrogens (tertiary/aromatic N) is 3. The molecule has 4 rings (SSSR count). The van der Waals surface area contributed by atoms with Crippen LogP contribution in [0.1, 0.15) is 41.5 Å². The van der Waals surface area contributed by atoms with Gasteiger partial charge < -0.3 is 14.4 Å². The summed E-state index contributed by atoms with van der Waals surface area (Å²) >= 11 is 0. The molecule has 1 N–H and O–H groups in total. The lowest BCUT2D eigenvalue weighted by Gasteiger charge is -2.36. The molecular formula is C19H25N3O2. The van der Waals surface area contributed by atoms with Crippen molar-refractivity contribution in [2.45, 2.75) is 45.0 Å².